The number of nitrogens with one attached hydrogen (secondary N) is 1. The maximum Gasteiger partial charge on any atom is 0.0411 e. The molecule has 0 heterocycles. The molecule has 0 spiro atoms. The SMILES string of the molecule is CCCNC(c1cc(C)cc(Cl)c1)C(C)C. The molecule has 16 heavy (non-hydrogen) atoms. The van der Waals surface area contributed by atoms with E-state index >= 15 is 0 Å². The first-order chi connectivity index (χ1) is 7.54. The topological polar surface area (TPSA) is 12.0 Å². The van der Waals surface area contributed by atoms with Crippen LogP contribution in [0.2, 0.25) is 5.02 Å². The molecule has 0 radical (unpaired) electrons. The van der Waals surface area contributed by atoms with E-state index in [0.29, 0.717) is 12.0 Å². The van der Waals surface area contributed by atoms with Gasteiger partial charge in [-0.05, 0) is 49.1 Å². The van der Waals surface area contributed by atoms with Crippen LogP contribution in [-0.2, 0) is 0 Å². The summed E-state index contributed by atoms with van der Waals surface area (Å²) in [5.74, 6) is 0.574. The zero-order valence-electron chi connectivity index (χ0n) is 10.7. The largest absolute Gasteiger partial charge is 0.310 e. The van der Waals surface area contributed by atoms with Gasteiger partial charge in [0.2, 0.25) is 0 Å². The third-order valence-corrected chi connectivity index (χ3v) is 2.92. The van der Waals surface area contributed by atoms with Crippen LogP contribution in [0.25, 0.3) is 0 Å². The number of benzene rings is 1. The van der Waals surface area contributed by atoms with Crippen LogP contribution in [0.5, 0.6) is 0 Å². The first-order valence-corrected chi connectivity index (χ1v) is 6.43. The van der Waals surface area contributed by atoms with Crippen molar-refractivity contribution in [3.05, 3.63) is 34.3 Å². The van der Waals surface area contributed by atoms with Crippen molar-refractivity contribution in [1.82, 2.24) is 5.32 Å². The molecular weight excluding hydrogens is 218 g/mol. The molecule has 0 saturated carbocycles. The van der Waals surface area contributed by atoms with E-state index in [4.69, 9.17) is 11.6 Å². The normalized spacial score (nSPS) is 13.1. The summed E-state index contributed by atoms with van der Waals surface area (Å²) in [7, 11) is 0. The summed E-state index contributed by atoms with van der Waals surface area (Å²) in [4.78, 5) is 0. The summed E-state index contributed by atoms with van der Waals surface area (Å²) < 4.78 is 0. The number of aryl methyl sites for hydroxylation is 1. The molecule has 90 valence electrons. The minimum Gasteiger partial charge on any atom is -0.310 e. The van der Waals surface area contributed by atoms with Crippen LogP contribution in [0.15, 0.2) is 18.2 Å². The molecule has 1 atom stereocenters. The van der Waals surface area contributed by atoms with Gasteiger partial charge >= 0.3 is 0 Å². The second-order valence-corrected chi connectivity index (χ2v) is 5.17. The van der Waals surface area contributed by atoms with Crippen molar-refractivity contribution in [2.75, 3.05) is 6.54 Å². The van der Waals surface area contributed by atoms with E-state index in [2.05, 4.69) is 45.1 Å². The summed E-state index contributed by atoms with van der Waals surface area (Å²) in [6.07, 6.45) is 1.16. The Morgan fingerprint density at radius 3 is 2.44 bits per heavy atom. The zero-order chi connectivity index (χ0) is 12.1. The van der Waals surface area contributed by atoms with Crippen LogP contribution >= 0.6 is 11.6 Å². The third kappa shape index (κ3) is 3.80. The van der Waals surface area contributed by atoms with Crippen molar-refractivity contribution in [3.8, 4) is 0 Å². The fraction of sp³-hybridized carbons (Fsp3) is 0.571. The van der Waals surface area contributed by atoms with Gasteiger partial charge in [-0.1, -0.05) is 38.4 Å². The average molecular weight is 240 g/mol. The molecule has 1 unspecified atom stereocenters. The molecule has 1 nitrogen and oxygen atoms in total. The molecule has 1 aromatic rings. The number of rotatable bonds is 5. The van der Waals surface area contributed by atoms with Crippen molar-refractivity contribution in [2.24, 2.45) is 5.92 Å². The molecule has 1 aromatic carbocycles. The van der Waals surface area contributed by atoms with Gasteiger partial charge < -0.3 is 5.32 Å². The number of halogens is 1. The highest BCUT2D eigenvalue weighted by Crippen LogP contribution is 2.25. The second kappa shape index (κ2) is 6.27. The first kappa shape index (κ1) is 13.5. The Bertz CT molecular complexity index is 313. The first-order valence-electron chi connectivity index (χ1n) is 6.05. The van der Waals surface area contributed by atoms with E-state index in [1.54, 1.807) is 0 Å². The molecule has 1 N–H and O–H groups in total. The van der Waals surface area contributed by atoms with E-state index in [1.807, 2.05) is 6.07 Å². The molecule has 0 bridgehead atoms. The molecule has 0 aliphatic rings. The predicted molar refractivity (Wildman–Crippen MR) is 72.1 cm³/mol. The minimum absolute atomic E-state index is 0.400. The van der Waals surface area contributed by atoms with Crippen molar-refractivity contribution >= 4 is 11.6 Å². The van der Waals surface area contributed by atoms with Crippen molar-refractivity contribution in [1.29, 1.82) is 0 Å². The van der Waals surface area contributed by atoms with Gasteiger partial charge in [0.05, 0.1) is 0 Å². The van der Waals surface area contributed by atoms with E-state index in [0.717, 1.165) is 18.0 Å². The summed E-state index contributed by atoms with van der Waals surface area (Å²) in [6.45, 7) is 9.81. The molecule has 0 amide bonds. The lowest BCUT2D eigenvalue weighted by Crippen LogP contribution is -2.26. The Hall–Kier alpha value is -0.530. The van der Waals surface area contributed by atoms with Crippen LogP contribution in [0.4, 0.5) is 0 Å². The minimum atomic E-state index is 0.400. The predicted octanol–water partition coefficient (Wildman–Crippen LogP) is 4.35. The molecular formula is C14H22ClN. The lowest BCUT2D eigenvalue weighted by atomic mass is 9.95. The highest BCUT2D eigenvalue weighted by atomic mass is 35.5. The van der Waals surface area contributed by atoms with E-state index in [1.165, 1.54) is 11.1 Å². The lowest BCUT2D eigenvalue weighted by Gasteiger charge is -2.23. The summed E-state index contributed by atoms with van der Waals surface area (Å²) >= 11 is 6.11. The van der Waals surface area contributed by atoms with E-state index in [9.17, 15) is 0 Å². The second-order valence-electron chi connectivity index (χ2n) is 4.74. The highest BCUT2D eigenvalue weighted by molar-refractivity contribution is 6.30. The summed E-state index contributed by atoms with van der Waals surface area (Å²) in [5, 5.41) is 4.41. The van der Waals surface area contributed by atoms with Gasteiger partial charge in [0.15, 0.2) is 0 Å². The monoisotopic (exact) mass is 239 g/mol. The Morgan fingerprint density at radius 1 is 1.25 bits per heavy atom. The van der Waals surface area contributed by atoms with Gasteiger partial charge in [-0.2, -0.15) is 0 Å². The van der Waals surface area contributed by atoms with Gasteiger partial charge in [-0.25, -0.2) is 0 Å². The van der Waals surface area contributed by atoms with Crippen LogP contribution in [-0.4, -0.2) is 6.54 Å². The van der Waals surface area contributed by atoms with Crippen LogP contribution < -0.4 is 5.32 Å². The Balaban J connectivity index is 2.91. The Labute approximate surface area is 104 Å². The maximum absolute atomic E-state index is 6.11. The third-order valence-electron chi connectivity index (χ3n) is 2.70. The number of hydrogen-bond donors (Lipinski definition) is 1. The smallest absolute Gasteiger partial charge is 0.0411 e. The fourth-order valence-electron chi connectivity index (χ4n) is 1.98. The summed E-state index contributed by atoms with van der Waals surface area (Å²) in [5.41, 5.74) is 2.53. The van der Waals surface area contributed by atoms with Crippen molar-refractivity contribution in [2.45, 2.75) is 40.2 Å². The average Bonchev–Trinajstić information content (AvgIpc) is 2.16. The van der Waals surface area contributed by atoms with Gasteiger partial charge in [0, 0.05) is 11.1 Å². The highest BCUT2D eigenvalue weighted by Gasteiger charge is 2.15. The molecule has 0 aliphatic heterocycles. The fourth-order valence-corrected chi connectivity index (χ4v) is 2.28. The number of hydrogen-bond acceptors (Lipinski definition) is 1. The molecule has 0 saturated heterocycles. The lowest BCUT2D eigenvalue weighted by molar-refractivity contribution is 0.412. The molecule has 2 heteroatoms. The van der Waals surface area contributed by atoms with Gasteiger partial charge in [-0.15, -0.1) is 0 Å². The maximum atomic E-state index is 6.11. The van der Waals surface area contributed by atoms with Gasteiger partial charge in [0.25, 0.3) is 0 Å². The molecule has 0 fully saturated rings. The van der Waals surface area contributed by atoms with Crippen molar-refractivity contribution < 1.29 is 0 Å². The summed E-state index contributed by atoms with van der Waals surface area (Å²) in [6, 6.07) is 6.70. The van der Waals surface area contributed by atoms with Gasteiger partial charge in [0.1, 0.15) is 0 Å². The quantitative estimate of drug-likeness (QED) is 0.806. The van der Waals surface area contributed by atoms with Crippen LogP contribution in [0.1, 0.15) is 44.4 Å². The van der Waals surface area contributed by atoms with Gasteiger partial charge in [-0.3, -0.25) is 0 Å². The molecule has 0 aliphatic carbocycles. The van der Waals surface area contributed by atoms with E-state index < -0.39 is 0 Å². The Morgan fingerprint density at radius 2 is 1.94 bits per heavy atom. The Kier molecular flexibility index (Phi) is 5.30. The zero-order valence-corrected chi connectivity index (χ0v) is 11.4. The standard InChI is InChI=1S/C14H22ClN/c1-5-6-16-14(10(2)3)12-7-11(4)8-13(15)9-12/h7-10,14,16H,5-6H2,1-4H3. The van der Waals surface area contributed by atoms with Crippen LogP contribution in [0.3, 0.4) is 0 Å². The van der Waals surface area contributed by atoms with Crippen molar-refractivity contribution in [3.63, 3.8) is 0 Å². The molecule has 1 rings (SSSR count). The van der Waals surface area contributed by atoms with Crippen LogP contribution in [0, 0.1) is 12.8 Å². The van der Waals surface area contributed by atoms with E-state index in [-0.39, 0.29) is 0 Å². The molecule has 0 aromatic heterocycles.